The molecule has 1 saturated heterocycles. The summed E-state index contributed by atoms with van der Waals surface area (Å²) in [5.74, 6) is 1.06. The Hall–Kier alpha value is -0.810. The molecule has 0 aromatic heterocycles. The van der Waals surface area contributed by atoms with Crippen molar-refractivity contribution >= 4 is 5.84 Å². The largest absolute Gasteiger partial charge is 0.409 e. The van der Waals surface area contributed by atoms with Crippen molar-refractivity contribution in [3.05, 3.63) is 0 Å². The van der Waals surface area contributed by atoms with Crippen LogP contribution in [0.4, 0.5) is 0 Å². The number of nitrogens with one attached hydrogen (secondary N) is 1. The second kappa shape index (κ2) is 5.45. The summed E-state index contributed by atoms with van der Waals surface area (Å²) in [5, 5.41) is 15.4. The van der Waals surface area contributed by atoms with Gasteiger partial charge in [-0.1, -0.05) is 12.1 Å². The first kappa shape index (κ1) is 13.6. The first-order chi connectivity index (χ1) is 8.54. The van der Waals surface area contributed by atoms with Gasteiger partial charge in [-0.25, -0.2) is 0 Å². The molecule has 2 aliphatic rings. The number of nitrogens with two attached hydrogens (primary N) is 1. The van der Waals surface area contributed by atoms with E-state index in [1.54, 1.807) is 0 Å². The standard InChI is InChI=1S/C13H26N4O/c1-10-8-17(2)6-3-11(10)15-9-13(4-5-13)7-12(14)16-18/h10-11,15,18H,3-9H2,1-2H3,(H2,14,16). The predicted octanol–water partition coefficient (Wildman–Crippen LogP) is 0.833. The van der Waals surface area contributed by atoms with Crippen LogP contribution in [0.15, 0.2) is 5.16 Å². The summed E-state index contributed by atoms with van der Waals surface area (Å²) in [5.41, 5.74) is 5.88. The van der Waals surface area contributed by atoms with Crippen LogP contribution in [-0.4, -0.2) is 48.7 Å². The fourth-order valence-electron chi connectivity index (χ4n) is 3.02. The van der Waals surface area contributed by atoms with E-state index >= 15 is 0 Å². The number of likely N-dealkylation sites (tertiary alicyclic amines) is 1. The van der Waals surface area contributed by atoms with E-state index in [0.29, 0.717) is 17.8 Å². The second-order valence-corrected chi connectivity index (χ2v) is 6.28. The number of hydrogen-bond donors (Lipinski definition) is 3. The van der Waals surface area contributed by atoms with Crippen LogP contribution in [0.2, 0.25) is 0 Å². The average molecular weight is 254 g/mol. The van der Waals surface area contributed by atoms with Gasteiger partial charge < -0.3 is 21.2 Å². The zero-order valence-corrected chi connectivity index (χ0v) is 11.5. The predicted molar refractivity (Wildman–Crippen MR) is 72.8 cm³/mol. The maximum absolute atomic E-state index is 8.65. The zero-order chi connectivity index (χ0) is 13.2. The first-order valence-corrected chi connectivity index (χ1v) is 6.93. The number of rotatable bonds is 5. The van der Waals surface area contributed by atoms with Crippen LogP contribution in [0.3, 0.4) is 0 Å². The van der Waals surface area contributed by atoms with Gasteiger partial charge in [-0.05, 0) is 44.2 Å². The van der Waals surface area contributed by atoms with Gasteiger partial charge in [0.2, 0.25) is 0 Å². The molecular weight excluding hydrogens is 228 g/mol. The number of amidine groups is 1. The molecule has 2 rings (SSSR count). The summed E-state index contributed by atoms with van der Waals surface area (Å²) in [6.07, 6.45) is 4.32. The van der Waals surface area contributed by atoms with Crippen molar-refractivity contribution in [2.45, 2.75) is 38.6 Å². The zero-order valence-electron chi connectivity index (χ0n) is 11.5. The average Bonchev–Trinajstić information content (AvgIpc) is 3.08. The summed E-state index contributed by atoms with van der Waals surface area (Å²) in [7, 11) is 2.19. The lowest BCUT2D eigenvalue weighted by Gasteiger charge is -2.36. The molecule has 1 aliphatic heterocycles. The van der Waals surface area contributed by atoms with Gasteiger partial charge in [0.05, 0.1) is 0 Å². The lowest BCUT2D eigenvalue weighted by atomic mass is 9.92. The van der Waals surface area contributed by atoms with Gasteiger partial charge in [-0.2, -0.15) is 0 Å². The highest BCUT2D eigenvalue weighted by molar-refractivity contribution is 5.80. The van der Waals surface area contributed by atoms with Crippen molar-refractivity contribution < 1.29 is 5.21 Å². The highest BCUT2D eigenvalue weighted by Crippen LogP contribution is 2.48. The molecule has 1 saturated carbocycles. The third-order valence-electron chi connectivity index (χ3n) is 4.49. The lowest BCUT2D eigenvalue weighted by Crippen LogP contribution is -2.48. The molecular formula is C13H26N4O. The summed E-state index contributed by atoms with van der Waals surface area (Å²) < 4.78 is 0. The number of oxime groups is 1. The van der Waals surface area contributed by atoms with Crippen molar-refractivity contribution in [1.29, 1.82) is 0 Å². The van der Waals surface area contributed by atoms with E-state index in [2.05, 4.69) is 29.3 Å². The SMILES string of the molecule is CC1CN(C)CCC1NCC1(CC(N)=NO)CC1. The normalized spacial score (nSPS) is 32.4. The van der Waals surface area contributed by atoms with Crippen LogP contribution in [0.5, 0.6) is 0 Å². The second-order valence-electron chi connectivity index (χ2n) is 6.28. The van der Waals surface area contributed by atoms with E-state index in [0.717, 1.165) is 13.0 Å². The van der Waals surface area contributed by atoms with Crippen LogP contribution >= 0.6 is 0 Å². The van der Waals surface area contributed by atoms with Gasteiger partial charge in [0.25, 0.3) is 0 Å². The van der Waals surface area contributed by atoms with E-state index < -0.39 is 0 Å². The Morgan fingerprint density at radius 1 is 1.56 bits per heavy atom. The van der Waals surface area contributed by atoms with E-state index in [4.69, 9.17) is 10.9 Å². The molecule has 0 radical (unpaired) electrons. The fraction of sp³-hybridized carbons (Fsp3) is 0.923. The van der Waals surface area contributed by atoms with Crippen molar-refractivity contribution in [2.24, 2.45) is 22.2 Å². The van der Waals surface area contributed by atoms with Crippen molar-refractivity contribution in [2.75, 3.05) is 26.7 Å². The summed E-state index contributed by atoms with van der Waals surface area (Å²) >= 11 is 0. The molecule has 0 spiro atoms. The molecule has 18 heavy (non-hydrogen) atoms. The number of nitrogens with zero attached hydrogens (tertiary/aromatic N) is 2. The lowest BCUT2D eigenvalue weighted by molar-refractivity contribution is 0.170. The summed E-state index contributed by atoms with van der Waals surface area (Å²) in [4.78, 5) is 2.39. The van der Waals surface area contributed by atoms with Gasteiger partial charge in [0.15, 0.2) is 0 Å². The van der Waals surface area contributed by atoms with Gasteiger partial charge in [-0.15, -0.1) is 0 Å². The highest BCUT2D eigenvalue weighted by Gasteiger charge is 2.43. The molecule has 0 aromatic rings. The Labute approximate surface area is 109 Å². The molecule has 5 heteroatoms. The maximum Gasteiger partial charge on any atom is 0.139 e. The maximum atomic E-state index is 8.65. The number of piperidine rings is 1. The van der Waals surface area contributed by atoms with Gasteiger partial charge >= 0.3 is 0 Å². The molecule has 0 aromatic carbocycles. The molecule has 2 atom stereocenters. The highest BCUT2D eigenvalue weighted by atomic mass is 16.4. The minimum absolute atomic E-state index is 0.263. The Bertz CT molecular complexity index is 314. The van der Waals surface area contributed by atoms with Gasteiger partial charge in [0, 0.05) is 25.6 Å². The van der Waals surface area contributed by atoms with Crippen LogP contribution in [0, 0.1) is 11.3 Å². The molecule has 2 unspecified atom stereocenters. The summed E-state index contributed by atoms with van der Waals surface area (Å²) in [6.45, 7) is 5.67. The smallest absolute Gasteiger partial charge is 0.139 e. The Morgan fingerprint density at radius 3 is 2.83 bits per heavy atom. The first-order valence-electron chi connectivity index (χ1n) is 6.93. The molecule has 5 nitrogen and oxygen atoms in total. The van der Waals surface area contributed by atoms with Crippen molar-refractivity contribution in [3.8, 4) is 0 Å². The van der Waals surface area contributed by atoms with Gasteiger partial charge in [-0.3, -0.25) is 0 Å². The van der Waals surface area contributed by atoms with Crippen LogP contribution in [0.25, 0.3) is 0 Å². The molecule has 4 N–H and O–H groups in total. The minimum atomic E-state index is 0.263. The monoisotopic (exact) mass is 254 g/mol. The third-order valence-corrected chi connectivity index (χ3v) is 4.49. The van der Waals surface area contributed by atoms with Crippen LogP contribution < -0.4 is 11.1 Å². The Morgan fingerprint density at radius 2 is 2.28 bits per heavy atom. The number of hydrogen-bond acceptors (Lipinski definition) is 4. The summed E-state index contributed by atoms with van der Waals surface area (Å²) in [6, 6.07) is 0.617. The third kappa shape index (κ3) is 3.36. The minimum Gasteiger partial charge on any atom is -0.409 e. The van der Waals surface area contributed by atoms with E-state index in [-0.39, 0.29) is 5.41 Å². The Kier molecular flexibility index (Phi) is 4.12. The Balaban J connectivity index is 1.78. The van der Waals surface area contributed by atoms with E-state index in [1.807, 2.05) is 0 Å². The molecule has 2 fully saturated rings. The quantitative estimate of drug-likeness (QED) is 0.294. The van der Waals surface area contributed by atoms with Crippen LogP contribution in [-0.2, 0) is 0 Å². The topological polar surface area (TPSA) is 73.9 Å². The van der Waals surface area contributed by atoms with E-state index in [9.17, 15) is 0 Å². The molecule has 1 heterocycles. The van der Waals surface area contributed by atoms with Crippen molar-refractivity contribution in [3.63, 3.8) is 0 Å². The van der Waals surface area contributed by atoms with E-state index in [1.165, 1.54) is 32.4 Å². The van der Waals surface area contributed by atoms with Crippen LogP contribution in [0.1, 0.15) is 32.6 Å². The molecule has 1 aliphatic carbocycles. The van der Waals surface area contributed by atoms with Crippen molar-refractivity contribution in [1.82, 2.24) is 10.2 Å². The molecule has 0 amide bonds. The van der Waals surface area contributed by atoms with Gasteiger partial charge in [0.1, 0.15) is 5.84 Å². The molecule has 0 bridgehead atoms. The fourth-order valence-corrected chi connectivity index (χ4v) is 3.02. The molecule has 104 valence electrons.